The average Bonchev–Trinajstić information content (AvgIpc) is 2.72. The number of carbonyl (C=O) groups excluding carboxylic acids is 3. The normalized spacial score (nSPS) is 15.6. The van der Waals surface area contributed by atoms with Gasteiger partial charge in [-0.25, -0.2) is 4.39 Å². The molecule has 2 rings (SSSR count). The van der Waals surface area contributed by atoms with Crippen LogP contribution < -0.4 is 10.6 Å². The third kappa shape index (κ3) is 8.02. The van der Waals surface area contributed by atoms with E-state index in [4.69, 9.17) is 0 Å². The molecule has 0 bridgehead atoms. The van der Waals surface area contributed by atoms with Gasteiger partial charge in [0.15, 0.2) is 0 Å². The quantitative estimate of drug-likeness (QED) is 0.629. The molecule has 1 fully saturated rings. The van der Waals surface area contributed by atoms with Crippen LogP contribution >= 0.6 is 11.8 Å². The highest BCUT2D eigenvalue weighted by Gasteiger charge is 2.26. The molecule has 0 aromatic heterocycles. The van der Waals surface area contributed by atoms with Crippen molar-refractivity contribution in [3.63, 3.8) is 0 Å². The fourth-order valence-corrected chi connectivity index (χ4v) is 3.67. The Hall–Kier alpha value is -2.13. The fraction of sp³-hybridized carbons (Fsp3) is 0.550. The van der Waals surface area contributed by atoms with Crippen LogP contribution in [0.5, 0.6) is 0 Å². The summed E-state index contributed by atoms with van der Waals surface area (Å²) in [5.74, 6) is -0.438. The first-order valence-electron chi connectivity index (χ1n) is 9.84. The molecule has 1 aliphatic heterocycles. The van der Waals surface area contributed by atoms with Gasteiger partial charge in [-0.05, 0) is 37.6 Å². The van der Waals surface area contributed by atoms with E-state index in [9.17, 15) is 18.8 Å². The predicted octanol–water partition coefficient (Wildman–Crippen LogP) is 1.56. The van der Waals surface area contributed by atoms with E-state index in [2.05, 4.69) is 10.6 Å². The highest BCUT2D eigenvalue weighted by atomic mass is 32.2. The van der Waals surface area contributed by atoms with Crippen LogP contribution in [0.2, 0.25) is 0 Å². The third-order valence-corrected chi connectivity index (χ3v) is 5.69. The molecule has 7 nitrogen and oxygen atoms in total. The van der Waals surface area contributed by atoms with E-state index in [1.54, 1.807) is 11.8 Å². The summed E-state index contributed by atoms with van der Waals surface area (Å²) in [7, 11) is 0. The summed E-state index contributed by atoms with van der Waals surface area (Å²) in [5, 5.41) is 5.20. The van der Waals surface area contributed by atoms with Crippen molar-refractivity contribution >= 4 is 35.2 Å². The number of amides is 3. The number of nitrogens with one attached hydrogen (secondary N) is 2. The number of hydrogen-bond donors (Lipinski definition) is 2. The van der Waals surface area contributed by atoms with Gasteiger partial charge in [0, 0.05) is 38.4 Å². The van der Waals surface area contributed by atoms with Crippen LogP contribution in [0, 0.1) is 5.82 Å². The third-order valence-electron chi connectivity index (χ3n) is 4.56. The fourth-order valence-electron chi connectivity index (χ4n) is 2.91. The molecule has 2 N–H and O–H groups in total. The lowest BCUT2D eigenvalue weighted by atomic mass is 10.3. The molecule has 0 aliphatic carbocycles. The summed E-state index contributed by atoms with van der Waals surface area (Å²) in [6.45, 7) is 7.32. The Kier molecular flexibility index (Phi) is 9.40. The molecule has 1 unspecified atom stereocenters. The zero-order chi connectivity index (χ0) is 21.2. The maximum absolute atomic E-state index is 12.9. The summed E-state index contributed by atoms with van der Waals surface area (Å²) < 4.78 is 12.9. The maximum Gasteiger partial charge on any atom is 0.235 e. The Morgan fingerprint density at radius 1 is 1.10 bits per heavy atom. The molecule has 1 atom stereocenters. The molecule has 0 spiro atoms. The van der Waals surface area contributed by atoms with Crippen LogP contribution in [0.25, 0.3) is 0 Å². The van der Waals surface area contributed by atoms with Gasteiger partial charge in [0.05, 0.1) is 17.5 Å². The molecular formula is C20H29FN4O3S. The number of rotatable bonds is 9. The Labute approximate surface area is 175 Å². The molecule has 0 saturated carbocycles. The largest absolute Gasteiger partial charge is 0.355 e. The summed E-state index contributed by atoms with van der Waals surface area (Å²) in [5.41, 5.74) is 0.523. The van der Waals surface area contributed by atoms with Crippen LogP contribution in [-0.4, -0.2) is 77.8 Å². The molecule has 1 heterocycles. The minimum Gasteiger partial charge on any atom is -0.355 e. The molecule has 1 aromatic rings. The van der Waals surface area contributed by atoms with E-state index in [0.717, 1.165) is 6.42 Å². The lowest BCUT2D eigenvalue weighted by Crippen LogP contribution is -2.52. The van der Waals surface area contributed by atoms with Gasteiger partial charge in [0.2, 0.25) is 17.7 Å². The Morgan fingerprint density at radius 2 is 1.76 bits per heavy atom. The van der Waals surface area contributed by atoms with Gasteiger partial charge in [-0.3, -0.25) is 19.3 Å². The Morgan fingerprint density at radius 3 is 2.38 bits per heavy atom. The van der Waals surface area contributed by atoms with Gasteiger partial charge in [0.1, 0.15) is 5.82 Å². The number of carbonyl (C=O) groups is 3. The predicted molar refractivity (Wildman–Crippen MR) is 113 cm³/mol. The second kappa shape index (κ2) is 11.8. The van der Waals surface area contributed by atoms with Crippen LogP contribution in [0.4, 0.5) is 10.1 Å². The second-order valence-electron chi connectivity index (χ2n) is 6.96. The average molecular weight is 425 g/mol. The van der Waals surface area contributed by atoms with Crippen molar-refractivity contribution in [2.45, 2.75) is 25.5 Å². The molecule has 1 aromatic carbocycles. The lowest BCUT2D eigenvalue weighted by Gasteiger charge is -2.35. The molecule has 3 amide bonds. The Balaban J connectivity index is 1.68. The Bertz CT molecular complexity index is 693. The molecule has 1 saturated heterocycles. The molecule has 9 heteroatoms. The van der Waals surface area contributed by atoms with Crippen LogP contribution in [0.1, 0.15) is 20.3 Å². The first kappa shape index (κ1) is 23.2. The summed E-state index contributed by atoms with van der Waals surface area (Å²) in [6.07, 6.45) is 0.908. The summed E-state index contributed by atoms with van der Waals surface area (Å²) in [4.78, 5) is 40.3. The van der Waals surface area contributed by atoms with Crippen LogP contribution in [-0.2, 0) is 14.4 Å². The van der Waals surface area contributed by atoms with E-state index in [1.807, 2.05) is 11.8 Å². The van der Waals surface area contributed by atoms with Crippen molar-refractivity contribution in [3.8, 4) is 0 Å². The van der Waals surface area contributed by atoms with Gasteiger partial charge >= 0.3 is 0 Å². The van der Waals surface area contributed by atoms with Gasteiger partial charge < -0.3 is 15.5 Å². The highest BCUT2D eigenvalue weighted by molar-refractivity contribution is 8.01. The van der Waals surface area contributed by atoms with E-state index in [-0.39, 0.29) is 34.5 Å². The van der Waals surface area contributed by atoms with Crippen molar-refractivity contribution in [2.24, 2.45) is 0 Å². The standard InChI is InChI=1S/C20H29FN4O3S/c1-3-8-22-18(26)13-24-9-11-25(12-10-24)20(28)15(2)29-14-19(27)23-17-6-4-16(21)5-7-17/h4-7,15H,3,8-14H2,1-2H3,(H,22,26)(H,23,27). The monoisotopic (exact) mass is 424 g/mol. The first-order chi connectivity index (χ1) is 13.9. The van der Waals surface area contributed by atoms with Crippen LogP contribution in [0.3, 0.4) is 0 Å². The number of benzene rings is 1. The van der Waals surface area contributed by atoms with Gasteiger partial charge in [-0.15, -0.1) is 11.8 Å². The summed E-state index contributed by atoms with van der Waals surface area (Å²) >= 11 is 1.27. The van der Waals surface area contributed by atoms with Crippen molar-refractivity contribution < 1.29 is 18.8 Å². The second-order valence-corrected chi connectivity index (χ2v) is 8.29. The van der Waals surface area contributed by atoms with Crippen molar-refractivity contribution in [1.82, 2.24) is 15.1 Å². The van der Waals surface area contributed by atoms with E-state index in [0.29, 0.717) is 45.0 Å². The van der Waals surface area contributed by atoms with E-state index < -0.39 is 0 Å². The van der Waals surface area contributed by atoms with Gasteiger partial charge in [-0.2, -0.15) is 0 Å². The SMILES string of the molecule is CCCNC(=O)CN1CCN(C(=O)C(C)SCC(=O)Nc2ccc(F)cc2)CC1. The lowest BCUT2D eigenvalue weighted by molar-refractivity contribution is -0.132. The van der Waals surface area contributed by atoms with Crippen molar-refractivity contribution in [1.29, 1.82) is 0 Å². The minimum absolute atomic E-state index is 0.000309. The molecular weight excluding hydrogens is 395 g/mol. The van der Waals surface area contributed by atoms with E-state index >= 15 is 0 Å². The number of nitrogens with zero attached hydrogens (tertiary/aromatic N) is 2. The number of thioether (sulfide) groups is 1. The summed E-state index contributed by atoms with van der Waals surface area (Å²) in [6, 6.07) is 5.55. The zero-order valence-electron chi connectivity index (χ0n) is 16.9. The first-order valence-corrected chi connectivity index (χ1v) is 10.9. The number of anilines is 1. The van der Waals surface area contributed by atoms with Gasteiger partial charge in [-0.1, -0.05) is 6.92 Å². The van der Waals surface area contributed by atoms with Crippen LogP contribution in [0.15, 0.2) is 24.3 Å². The smallest absolute Gasteiger partial charge is 0.235 e. The number of halogens is 1. The molecule has 0 radical (unpaired) electrons. The maximum atomic E-state index is 12.9. The molecule has 29 heavy (non-hydrogen) atoms. The topological polar surface area (TPSA) is 81.8 Å². The molecule has 160 valence electrons. The van der Waals surface area contributed by atoms with Crippen molar-refractivity contribution in [3.05, 3.63) is 30.1 Å². The number of piperazine rings is 1. The molecule has 1 aliphatic rings. The highest BCUT2D eigenvalue weighted by Crippen LogP contribution is 2.16. The van der Waals surface area contributed by atoms with Gasteiger partial charge in [0.25, 0.3) is 0 Å². The number of hydrogen-bond acceptors (Lipinski definition) is 5. The minimum atomic E-state index is -0.363. The van der Waals surface area contributed by atoms with E-state index in [1.165, 1.54) is 36.0 Å². The zero-order valence-corrected chi connectivity index (χ0v) is 17.8. The van der Waals surface area contributed by atoms with Crippen molar-refractivity contribution in [2.75, 3.05) is 50.3 Å².